The van der Waals surface area contributed by atoms with Crippen molar-refractivity contribution in [2.24, 2.45) is 0 Å². The quantitative estimate of drug-likeness (QED) is 0.709. The van der Waals surface area contributed by atoms with Crippen molar-refractivity contribution in [3.05, 3.63) is 23.8 Å². The third-order valence-electron chi connectivity index (χ3n) is 3.59. The number of nitriles is 1. The third-order valence-corrected chi connectivity index (χ3v) is 5.40. The molecule has 1 saturated heterocycles. The van der Waals surface area contributed by atoms with Crippen molar-refractivity contribution in [1.29, 1.82) is 5.26 Å². The Morgan fingerprint density at radius 3 is 2.62 bits per heavy atom. The number of esters is 1. The Morgan fingerprint density at radius 2 is 2.04 bits per heavy atom. The number of hydrogen-bond acceptors (Lipinski definition) is 7. The molecule has 0 bridgehead atoms. The van der Waals surface area contributed by atoms with E-state index in [4.69, 9.17) is 14.7 Å². The van der Waals surface area contributed by atoms with Gasteiger partial charge in [-0.15, -0.1) is 0 Å². The Hall–Kier alpha value is -2.15. The first-order valence-corrected chi connectivity index (χ1v) is 8.75. The zero-order chi connectivity index (χ0) is 17.7. The molecule has 8 nitrogen and oxygen atoms in total. The largest absolute Gasteiger partial charge is 0.447 e. The van der Waals surface area contributed by atoms with Crippen LogP contribution in [0.1, 0.15) is 10.4 Å². The summed E-state index contributed by atoms with van der Waals surface area (Å²) < 4.78 is 35.8. The van der Waals surface area contributed by atoms with E-state index in [1.807, 2.05) is 4.90 Å². The Kier molecular flexibility index (Phi) is 5.77. The maximum atomic E-state index is 12.3. The van der Waals surface area contributed by atoms with Gasteiger partial charge in [0.1, 0.15) is 6.07 Å². The van der Waals surface area contributed by atoms with E-state index in [0.29, 0.717) is 32.0 Å². The van der Waals surface area contributed by atoms with Gasteiger partial charge in [0.05, 0.1) is 29.4 Å². The van der Waals surface area contributed by atoms with E-state index in [9.17, 15) is 13.2 Å². The summed E-state index contributed by atoms with van der Waals surface area (Å²) in [5.74, 6) is -0.728. The second-order valence-corrected chi connectivity index (χ2v) is 7.45. The minimum Gasteiger partial charge on any atom is -0.447 e. The van der Waals surface area contributed by atoms with Crippen LogP contribution in [0.2, 0.25) is 0 Å². The van der Waals surface area contributed by atoms with Crippen LogP contribution in [0.25, 0.3) is 0 Å². The SMILES string of the molecule is CN(C)S(=O)(=O)c1ccc(N2CCOCC2)c(C(=O)OCC#N)c1. The van der Waals surface area contributed by atoms with E-state index in [1.54, 1.807) is 12.1 Å². The summed E-state index contributed by atoms with van der Waals surface area (Å²) >= 11 is 0. The summed E-state index contributed by atoms with van der Waals surface area (Å²) in [5, 5.41) is 8.58. The average Bonchev–Trinajstić information content (AvgIpc) is 2.59. The summed E-state index contributed by atoms with van der Waals surface area (Å²) in [6.07, 6.45) is 0. The second-order valence-electron chi connectivity index (χ2n) is 5.30. The monoisotopic (exact) mass is 353 g/mol. The van der Waals surface area contributed by atoms with Crippen LogP contribution in [-0.2, 0) is 19.5 Å². The zero-order valence-corrected chi connectivity index (χ0v) is 14.4. The van der Waals surface area contributed by atoms with Gasteiger partial charge in [0.2, 0.25) is 10.0 Å². The molecule has 1 heterocycles. The van der Waals surface area contributed by atoms with Crippen LogP contribution in [-0.4, -0.2) is 65.7 Å². The molecule has 0 radical (unpaired) electrons. The highest BCUT2D eigenvalue weighted by molar-refractivity contribution is 7.89. The molecule has 9 heteroatoms. The van der Waals surface area contributed by atoms with Gasteiger partial charge in [-0.2, -0.15) is 5.26 Å². The average molecular weight is 353 g/mol. The molecule has 1 aliphatic heterocycles. The van der Waals surface area contributed by atoms with Gasteiger partial charge in [-0.25, -0.2) is 17.5 Å². The van der Waals surface area contributed by atoms with Gasteiger partial charge in [-0.1, -0.05) is 0 Å². The van der Waals surface area contributed by atoms with Crippen LogP contribution >= 0.6 is 0 Å². The molecular weight excluding hydrogens is 334 g/mol. The number of rotatable bonds is 5. The Labute approximate surface area is 141 Å². The molecule has 1 aromatic carbocycles. The molecule has 1 fully saturated rings. The van der Waals surface area contributed by atoms with Gasteiger partial charge in [0.15, 0.2) is 6.61 Å². The molecule has 0 aliphatic carbocycles. The van der Waals surface area contributed by atoms with Gasteiger partial charge >= 0.3 is 5.97 Å². The van der Waals surface area contributed by atoms with Crippen LogP contribution in [0, 0.1) is 11.3 Å². The first-order valence-electron chi connectivity index (χ1n) is 7.31. The lowest BCUT2D eigenvalue weighted by Gasteiger charge is -2.30. The van der Waals surface area contributed by atoms with Crippen LogP contribution in [0.5, 0.6) is 0 Å². The van der Waals surface area contributed by atoms with Crippen molar-refractivity contribution in [3.8, 4) is 6.07 Å². The van der Waals surface area contributed by atoms with E-state index in [1.165, 1.54) is 26.2 Å². The van der Waals surface area contributed by atoms with Gasteiger partial charge in [0, 0.05) is 27.2 Å². The Morgan fingerprint density at radius 1 is 1.38 bits per heavy atom. The fraction of sp³-hybridized carbons (Fsp3) is 0.467. The van der Waals surface area contributed by atoms with Gasteiger partial charge < -0.3 is 14.4 Å². The number of sulfonamides is 1. The number of morpholine rings is 1. The lowest BCUT2D eigenvalue weighted by Crippen LogP contribution is -2.37. The molecule has 0 N–H and O–H groups in total. The maximum Gasteiger partial charge on any atom is 0.341 e. The summed E-state index contributed by atoms with van der Waals surface area (Å²) in [5.41, 5.74) is 0.689. The van der Waals surface area contributed by atoms with Crippen LogP contribution < -0.4 is 4.90 Å². The van der Waals surface area contributed by atoms with Crippen LogP contribution in [0.4, 0.5) is 5.69 Å². The fourth-order valence-corrected chi connectivity index (χ4v) is 3.23. The van der Waals surface area contributed by atoms with Crippen molar-refractivity contribution < 1.29 is 22.7 Å². The number of carbonyl (C=O) groups excluding carboxylic acids is 1. The summed E-state index contributed by atoms with van der Waals surface area (Å²) in [6.45, 7) is 1.80. The summed E-state index contributed by atoms with van der Waals surface area (Å²) in [7, 11) is -0.852. The fourth-order valence-electron chi connectivity index (χ4n) is 2.31. The standard InChI is InChI=1S/C15H19N3O5S/c1-17(2)24(20,21)12-3-4-14(18-6-9-22-10-7-18)13(11-12)15(19)23-8-5-16/h3-4,11H,6-10H2,1-2H3. The van der Waals surface area contributed by atoms with Crippen molar-refractivity contribution in [1.82, 2.24) is 4.31 Å². The lowest BCUT2D eigenvalue weighted by atomic mass is 10.1. The number of anilines is 1. The predicted octanol–water partition coefficient (Wildman–Crippen LogP) is 0.454. The Balaban J connectivity index is 2.47. The molecular formula is C15H19N3O5S. The number of carbonyl (C=O) groups is 1. The van der Waals surface area contributed by atoms with Crippen molar-refractivity contribution >= 4 is 21.7 Å². The number of nitrogens with zero attached hydrogens (tertiary/aromatic N) is 3. The molecule has 0 unspecified atom stereocenters. The smallest absolute Gasteiger partial charge is 0.341 e. The zero-order valence-electron chi connectivity index (χ0n) is 13.6. The first kappa shape index (κ1) is 18.2. The van der Waals surface area contributed by atoms with E-state index in [2.05, 4.69) is 0 Å². The molecule has 0 aromatic heterocycles. The minimum absolute atomic E-state index is 0.00610. The van der Waals surface area contributed by atoms with E-state index in [0.717, 1.165) is 4.31 Å². The summed E-state index contributed by atoms with van der Waals surface area (Å²) in [4.78, 5) is 14.2. The van der Waals surface area contributed by atoms with E-state index in [-0.39, 0.29) is 10.5 Å². The van der Waals surface area contributed by atoms with Crippen molar-refractivity contribution in [2.75, 3.05) is 51.9 Å². The second kappa shape index (κ2) is 7.61. The van der Waals surface area contributed by atoms with Gasteiger partial charge in [0.25, 0.3) is 0 Å². The highest BCUT2D eigenvalue weighted by atomic mass is 32.2. The predicted molar refractivity (Wildman–Crippen MR) is 86.2 cm³/mol. The molecule has 1 aliphatic rings. The molecule has 0 amide bonds. The molecule has 1 aromatic rings. The van der Waals surface area contributed by atoms with Crippen molar-refractivity contribution in [2.45, 2.75) is 4.90 Å². The molecule has 130 valence electrons. The number of ether oxygens (including phenoxy) is 2. The van der Waals surface area contributed by atoms with Gasteiger partial charge in [-0.3, -0.25) is 0 Å². The highest BCUT2D eigenvalue weighted by Gasteiger charge is 2.24. The van der Waals surface area contributed by atoms with E-state index >= 15 is 0 Å². The first-order chi connectivity index (χ1) is 11.4. The number of benzene rings is 1. The minimum atomic E-state index is -3.68. The van der Waals surface area contributed by atoms with Crippen LogP contribution in [0.3, 0.4) is 0 Å². The number of hydrogen-bond donors (Lipinski definition) is 0. The van der Waals surface area contributed by atoms with Crippen molar-refractivity contribution in [3.63, 3.8) is 0 Å². The molecule has 24 heavy (non-hydrogen) atoms. The topological polar surface area (TPSA) is 99.9 Å². The maximum absolute atomic E-state index is 12.3. The molecule has 2 rings (SSSR count). The molecule has 0 atom stereocenters. The lowest BCUT2D eigenvalue weighted by molar-refractivity contribution is 0.0554. The Bertz CT molecular complexity index is 749. The third kappa shape index (κ3) is 3.84. The molecule has 0 saturated carbocycles. The summed E-state index contributed by atoms with van der Waals surface area (Å²) in [6, 6.07) is 6.07. The highest BCUT2D eigenvalue weighted by Crippen LogP contribution is 2.27. The molecule has 0 spiro atoms. The normalized spacial score (nSPS) is 15.2. The van der Waals surface area contributed by atoms with Gasteiger partial charge in [-0.05, 0) is 18.2 Å². The van der Waals surface area contributed by atoms with Crippen LogP contribution in [0.15, 0.2) is 23.1 Å². The van der Waals surface area contributed by atoms with E-state index < -0.39 is 22.6 Å².